The molecule has 5 nitrogen and oxygen atoms in total. The number of likely N-dealkylation sites (tertiary alicyclic amines) is 1. The van der Waals surface area contributed by atoms with Gasteiger partial charge in [-0.15, -0.1) is 0 Å². The van der Waals surface area contributed by atoms with Crippen molar-refractivity contribution in [2.24, 2.45) is 5.92 Å². The van der Waals surface area contributed by atoms with Gasteiger partial charge in [0.25, 0.3) is 5.91 Å². The van der Waals surface area contributed by atoms with Crippen molar-refractivity contribution in [1.29, 1.82) is 0 Å². The minimum atomic E-state index is 0.0186. The maximum Gasteiger partial charge on any atom is 0.274 e. The van der Waals surface area contributed by atoms with E-state index in [0.29, 0.717) is 17.7 Å². The number of carbonyl (C=O) groups excluding carboxylic acids is 1. The van der Waals surface area contributed by atoms with Gasteiger partial charge in [0.15, 0.2) is 0 Å². The third-order valence-electron chi connectivity index (χ3n) is 5.02. The Kier molecular flexibility index (Phi) is 5.47. The smallest absolute Gasteiger partial charge is 0.274 e. The summed E-state index contributed by atoms with van der Waals surface area (Å²) in [5.41, 5.74) is 0.463. The molecule has 0 spiro atoms. The number of amides is 1. The highest BCUT2D eigenvalue weighted by atomic mass is 16.2. The second-order valence-electron chi connectivity index (χ2n) is 7.12. The van der Waals surface area contributed by atoms with Gasteiger partial charge in [-0.3, -0.25) is 4.79 Å². The van der Waals surface area contributed by atoms with Crippen LogP contribution in [-0.4, -0.2) is 39.9 Å². The molecular weight excluding hydrogens is 288 g/mol. The highest BCUT2D eigenvalue weighted by Gasteiger charge is 2.23. The second kappa shape index (κ2) is 7.75. The van der Waals surface area contributed by atoms with Crippen molar-refractivity contribution in [2.75, 3.05) is 18.4 Å². The molecule has 1 atom stereocenters. The van der Waals surface area contributed by atoms with Crippen LogP contribution in [0.1, 0.15) is 68.8 Å². The summed E-state index contributed by atoms with van der Waals surface area (Å²) in [6.45, 7) is 3.88. The Morgan fingerprint density at radius 2 is 1.87 bits per heavy atom. The number of nitrogens with zero attached hydrogens (tertiary/aromatic N) is 3. The number of piperidine rings is 1. The Hall–Kier alpha value is -1.65. The Balaban J connectivity index is 1.58. The molecule has 1 unspecified atom stereocenters. The number of carbonyl (C=O) groups is 1. The minimum absolute atomic E-state index is 0.0186. The molecule has 5 heteroatoms. The van der Waals surface area contributed by atoms with E-state index < -0.39 is 0 Å². The molecule has 1 N–H and O–H groups in total. The van der Waals surface area contributed by atoms with Crippen LogP contribution in [0.3, 0.4) is 0 Å². The molecule has 23 heavy (non-hydrogen) atoms. The summed E-state index contributed by atoms with van der Waals surface area (Å²) in [5.74, 6) is 1.39. The molecular formula is C18H28N4O. The molecule has 1 saturated carbocycles. The van der Waals surface area contributed by atoms with Crippen LogP contribution in [0.15, 0.2) is 12.4 Å². The maximum absolute atomic E-state index is 12.5. The Bertz CT molecular complexity index is 508. The number of rotatable bonds is 3. The molecule has 3 rings (SSSR count). The van der Waals surface area contributed by atoms with Gasteiger partial charge in [-0.1, -0.05) is 32.6 Å². The highest BCUT2D eigenvalue weighted by molar-refractivity contribution is 5.92. The van der Waals surface area contributed by atoms with E-state index in [1.165, 1.54) is 44.9 Å². The molecule has 0 bridgehead atoms. The van der Waals surface area contributed by atoms with Crippen molar-refractivity contribution < 1.29 is 4.79 Å². The fourth-order valence-electron chi connectivity index (χ4n) is 3.68. The molecule has 0 aromatic carbocycles. The summed E-state index contributed by atoms with van der Waals surface area (Å²) in [6.07, 6.45) is 13.3. The van der Waals surface area contributed by atoms with Crippen molar-refractivity contribution in [3.05, 3.63) is 18.1 Å². The molecule has 1 aromatic heterocycles. The molecule has 2 fully saturated rings. The third-order valence-corrected chi connectivity index (χ3v) is 5.02. The van der Waals surface area contributed by atoms with E-state index in [1.807, 2.05) is 4.90 Å². The molecule has 0 radical (unpaired) electrons. The summed E-state index contributed by atoms with van der Waals surface area (Å²) in [4.78, 5) is 23.2. The van der Waals surface area contributed by atoms with Gasteiger partial charge in [0, 0.05) is 19.1 Å². The SMILES string of the molecule is CC1CCCN(C(=O)c2cnc(NC3CCCCCC3)cn2)C1. The van der Waals surface area contributed by atoms with Crippen LogP contribution in [0, 0.1) is 5.92 Å². The average molecular weight is 316 g/mol. The topological polar surface area (TPSA) is 58.1 Å². The molecule has 1 saturated heterocycles. The molecule has 126 valence electrons. The summed E-state index contributed by atoms with van der Waals surface area (Å²) in [6, 6.07) is 0.497. The second-order valence-corrected chi connectivity index (χ2v) is 7.12. The van der Waals surface area contributed by atoms with Crippen molar-refractivity contribution >= 4 is 11.7 Å². The number of anilines is 1. The third kappa shape index (κ3) is 4.43. The van der Waals surface area contributed by atoms with E-state index in [4.69, 9.17) is 0 Å². The first-order valence-electron chi connectivity index (χ1n) is 9.10. The van der Waals surface area contributed by atoms with E-state index in [-0.39, 0.29) is 5.91 Å². The lowest BCUT2D eigenvalue weighted by atomic mass is 10.0. The lowest BCUT2D eigenvalue weighted by Gasteiger charge is -2.30. The van der Waals surface area contributed by atoms with Gasteiger partial charge in [0.05, 0.1) is 12.4 Å². The van der Waals surface area contributed by atoms with Gasteiger partial charge in [-0.05, 0) is 31.6 Å². The van der Waals surface area contributed by atoms with Gasteiger partial charge < -0.3 is 10.2 Å². The largest absolute Gasteiger partial charge is 0.366 e. The zero-order valence-corrected chi connectivity index (χ0v) is 14.1. The normalized spacial score (nSPS) is 23.3. The van der Waals surface area contributed by atoms with E-state index in [2.05, 4.69) is 22.2 Å². The Morgan fingerprint density at radius 1 is 1.09 bits per heavy atom. The predicted octanol–water partition coefficient (Wildman–Crippen LogP) is 3.48. The first kappa shape index (κ1) is 16.2. The van der Waals surface area contributed by atoms with Crippen molar-refractivity contribution in [2.45, 2.75) is 64.3 Å². The number of hydrogen-bond donors (Lipinski definition) is 1. The summed E-state index contributed by atoms with van der Waals surface area (Å²) in [7, 11) is 0. The van der Waals surface area contributed by atoms with Crippen LogP contribution in [0.2, 0.25) is 0 Å². The fourth-order valence-corrected chi connectivity index (χ4v) is 3.68. The molecule has 2 heterocycles. The van der Waals surface area contributed by atoms with E-state index in [0.717, 1.165) is 25.3 Å². The standard InChI is InChI=1S/C18H28N4O/c1-14-7-6-10-22(13-14)18(23)16-11-20-17(12-19-16)21-15-8-4-2-3-5-9-15/h11-12,14-15H,2-10,13H2,1H3,(H,20,21). The first-order chi connectivity index (χ1) is 11.2. The zero-order valence-electron chi connectivity index (χ0n) is 14.1. The van der Waals surface area contributed by atoms with E-state index >= 15 is 0 Å². The number of hydrogen-bond acceptors (Lipinski definition) is 4. The van der Waals surface area contributed by atoms with Gasteiger partial charge in [0.2, 0.25) is 0 Å². The summed E-state index contributed by atoms with van der Waals surface area (Å²) in [5, 5.41) is 3.48. The van der Waals surface area contributed by atoms with Crippen LogP contribution in [-0.2, 0) is 0 Å². The quantitative estimate of drug-likeness (QED) is 0.867. The summed E-state index contributed by atoms with van der Waals surface area (Å²) < 4.78 is 0. The lowest BCUT2D eigenvalue weighted by Crippen LogP contribution is -2.39. The van der Waals surface area contributed by atoms with E-state index in [1.54, 1.807) is 12.4 Å². The summed E-state index contributed by atoms with van der Waals surface area (Å²) >= 11 is 0. The minimum Gasteiger partial charge on any atom is -0.366 e. The molecule has 1 aliphatic heterocycles. The highest BCUT2D eigenvalue weighted by Crippen LogP contribution is 2.20. The maximum atomic E-state index is 12.5. The molecule has 1 aliphatic carbocycles. The van der Waals surface area contributed by atoms with Crippen LogP contribution in [0.4, 0.5) is 5.82 Å². The van der Waals surface area contributed by atoms with Crippen molar-refractivity contribution in [3.63, 3.8) is 0 Å². The number of nitrogens with one attached hydrogen (secondary N) is 1. The van der Waals surface area contributed by atoms with E-state index in [9.17, 15) is 4.79 Å². The molecule has 1 amide bonds. The zero-order chi connectivity index (χ0) is 16.1. The van der Waals surface area contributed by atoms with Gasteiger partial charge >= 0.3 is 0 Å². The Labute approximate surface area is 138 Å². The number of aromatic nitrogens is 2. The van der Waals surface area contributed by atoms with Crippen molar-refractivity contribution in [3.8, 4) is 0 Å². The Morgan fingerprint density at radius 3 is 2.52 bits per heavy atom. The van der Waals surface area contributed by atoms with Crippen LogP contribution >= 0.6 is 0 Å². The fraction of sp³-hybridized carbons (Fsp3) is 0.722. The van der Waals surface area contributed by atoms with Crippen LogP contribution in [0.25, 0.3) is 0 Å². The lowest BCUT2D eigenvalue weighted by molar-refractivity contribution is 0.0676. The van der Waals surface area contributed by atoms with Crippen molar-refractivity contribution in [1.82, 2.24) is 14.9 Å². The predicted molar refractivity (Wildman–Crippen MR) is 91.4 cm³/mol. The molecule has 2 aliphatic rings. The first-order valence-corrected chi connectivity index (χ1v) is 9.10. The monoisotopic (exact) mass is 316 g/mol. The van der Waals surface area contributed by atoms with Gasteiger partial charge in [-0.25, -0.2) is 9.97 Å². The van der Waals surface area contributed by atoms with Gasteiger partial charge in [-0.2, -0.15) is 0 Å². The van der Waals surface area contributed by atoms with Crippen LogP contribution in [0.5, 0.6) is 0 Å². The van der Waals surface area contributed by atoms with Gasteiger partial charge in [0.1, 0.15) is 11.5 Å². The van der Waals surface area contributed by atoms with Crippen LogP contribution < -0.4 is 5.32 Å². The average Bonchev–Trinajstić information content (AvgIpc) is 2.84. The molecule has 1 aromatic rings.